The van der Waals surface area contributed by atoms with E-state index >= 15 is 0 Å². The van der Waals surface area contributed by atoms with Crippen molar-refractivity contribution < 1.29 is 9.90 Å². The zero-order valence-corrected chi connectivity index (χ0v) is 12.0. The van der Waals surface area contributed by atoms with Gasteiger partial charge in [0.2, 0.25) is 0 Å². The van der Waals surface area contributed by atoms with Crippen LogP contribution in [0.2, 0.25) is 5.15 Å². The maximum atomic E-state index is 10.6. The number of nitrogens with zero attached hydrogens (tertiary/aromatic N) is 4. The predicted molar refractivity (Wildman–Crippen MR) is 72.3 cm³/mol. The molecule has 0 saturated carbocycles. The van der Waals surface area contributed by atoms with Crippen LogP contribution in [0.15, 0.2) is 0 Å². The second-order valence-corrected chi connectivity index (χ2v) is 5.28. The number of aromatic nitrogens is 2. The van der Waals surface area contributed by atoms with E-state index in [1.165, 1.54) is 0 Å². The summed E-state index contributed by atoms with van der Waals surface area (Å²) >= 11 is 6.22. The summed E-state index contributed by atoms with van der Waals surface area (Å²) in [5.41, 5.74) is 2.02. The van der Waals surface area contributed by atoms with Crippen LogP contribution in [0.3, 0.4) is 0 Å². The van der Waals surface area contributed by atoms with Crippen molar-refractivity contribution in [3.05, 3.63) is 16.4 Å². The molecule has 0 aliphatic carbocycles. The molecule has 0 radical (unpaired) electrons. The first-order valence-corrected chi connectivity index (χ1v) is 6.69. The van der Waals surface area contributed by atoms with Crippen LogP contribution >= 0.6 is 11.6 Å². The van der Waals surface area contributed by atoms with Crippen LogP contribution in [0.5, 0.6) is 0 Å². The Morgan fingerprint density at radius 2 is 1.89 bits per heavy atom. The molecule has 1 fully saturated rings. The lowest BCUT2D eigenvalue weighted by Gasteiger charge is -2.33. The number of hydrogen-bond donors (Lipinski definition) is 1. The minimum Gasteiger partial charge on any atom is -0.480 e. The van der Waals surface area contributed by atoms with Gasteiger partial charge in [-0.15, -0.1) is 0 Å². The summed E-state index contributed by atoms with van der Waals surface area (Å²) in [5.74, 6) is -0.764. The molecule has 0 unspecified atom stereocenters. The number of aliphatic carboxylic acids is 1. The van der Waals surface area contributed by atoms with E-state index in [9.17, 15) is 4.79 Å². The van der Waals surface area contributed by atoms with Crippen LogP contribution in [-0.4, -0.2) is 63.4 Å². The number of hydrogen-bond acceptors (Lipinski definition) is 4. The second-order valence-electron chi connectivity index (χ2n) is 4.92. The van der Waals surface area contributed by atoms with Gasteiger partial charge in [0, 0.05) is 45.3 Å². The highest BCUT2D eigenvalue weighted by molar-refractivity contribution is 6.30. The molecule has 0 spiro atoms. The van der Waals surface area contributed by atoms with Crippen molar-refractivity contribution in [2.24, 2.45) is 7.05 Å². The van der Waals surface area contributed by atoms with Crippen LogP contribution in [-0.2, 0) is 18.4 Å². The number of carboxylic acids is 1. The Bertz CT molecular complexity index is 467. The fourth-order valence-electron chi connectivity index (χ4n) is 2.37. The predicted octanol–water partition coefficient (Wildman–Crippen LogP) is 0.584. The van der Waals surface area contributed by atoms with Crippen LogP contribution in [0, 0.1) is 6.92 Å². The molecule has 1 aliphatic rings. The van der Waals surface area contributed by atoms with Crippen LogP contribution in [0.4, 0.5) is 0 Å². The molecule has 7 heteroatoms. The lowest BCUT2D eigenvalue weighted by Crippen LogP contribution is -2.47. The van der Waals surface area contributed by atoms with Gasteiger partial charge < -0.3 is 5.11 Å². The first kappa shape index (κ1) is 14.3. The van der Waals surface area contributed by atoms with Gasteiger partial charge >= 0.3 is 5.97 Å². The number of halogens is 1. The summed E-state index contributed by atoms with van der Waals surface area (Å²) in [6, 6.07) is 0. The molecule has 1 aromatic rings. The SMILES string of the molecule is Cc1nn(C)c(Cl)c1CN1CCN(CC(=O)O)CC1. The van der Waals surface area contributed by atoms with Gasteiger partial charge in [0.25, 0.3) is 0 Å². The Hall–Kier alpha value is -1.11. The topological polar surface area (TPSA) is 61.6 Å². The molecule has 19 heavy (non-hydrogen) atoms. The number of carboxylic acid groups (broad SMARTS) is 1. The van der Waals surface area contributed by atoms with E-state index < -0.39 is 5.97 Å². The van der Waals surface area contributed by atoms with Crippen LogP contribution in [0.25, 0.3) is 0 Å². The normalized spacial score (nSPS) is 17.8. The molecule has 6 nitrogen and oxygen atoms in total. The number of rotatable bonds is 4. The Morgan fingerprint density at radius 3 is 2.37 bits per heavy atom. The van der Waals surface area contributed by atoms with E-state index in [1.807, 2.05) is 18.9 Å². The third-order valence-electron chi connectivity index (χ3n) is 3.48. The van der Waals surface area contributed by atoms with Crippen molar-refractivity contribution in [2.75, 3.05) is 32.7 Å². The van der Waals surface area contributed by atoms with Gasteiger partial charge in [-0.1, -0.05) is 11.6 Å². The van der Waals surface area contributed by atoms with Crippen molar-refractivity contribution in [2.45, 2.75) is 13.5 Å². The molecule has 2 heterocycles. The van der Waals surface area contributed by atoms with Gasteiger partial charge in [-0.25, -0.2) is 0 Å². The van der Waals surface area contributed by atoms with E-state index in [1.54, 1.807) is 4.68 Å². The smallest absolute Gasteiger partial charge is 0.317 e. The fourth-order valence-corrected chi connectivity index (χ4v) is 2.61. The van der Waals surface area contributed by atoms with Crippen molar-refractivity contribution in [1.82, 2.24) is 19.6 Å². The third-order valence-corrected chi connectivity index (χ3v) is 3.95. The van der Waals surface area contributed by atoms with E-state index in [4.69, 9.17) is 16.7 Å². The Labute approximate surface area is 117 Å². The minimum atomic E-state index is -0.764. The average Bonchev–Trinajstić information content (AvgIpc) is 2.58. The van der Waals surface area contributed by atoms with Crippen LogP contribution in [0.1, 0.15) is 11.3 Å². The highest BCUT2D eigenvalue weighted by atomic mass is 35.5. The molecule has 0 atom stereocenters. The summed E-state index contributed by atoms with van der Waals surface area (Å²) < 4.78 is 1.69. The highest BCUT2D eigenvalue weighted by Gasteiger charge is 2.21. The monoisotopic (exact) mass is 286 g/mol. The summed E-state index contributed by atoms with van der Waals surface area (Å²) in [4.78, 5) is 14.9. The molecule has 106 valence electrons. The van der Waals surface area contributed by atoms with Gasteiger partial charge in [0.1, 0.15) is 5.15 Å². The van der Waals surface area contributed by atoms with E-state index in [2.05, 4.69) is 10.00 Å². The van der Waals surface area contributed by atoms with Gasteiger partial charge in [0.05, 0.1) is 12.2 Å². The molecule has 1 aliphatic heterocycles. The summed E-state index contributed by atoms with van der Waals surface area (Å²) in [5, 5.41) is 13.7. The number of carbonyl (C=O) groups is 1. The number of aryl methyl sites for hydroxylation is 2. The zero-order valence-electron chi connectivity index (χ0n) is 11.3. The maximum absolute atomic E-state index is 10.6. The molecule has 0 bridgehead atoms. The largest absolute Gasteiger partial charge is 0.480 e. The highest BCUT2D eigenvalue weighted by Crippen LogP contribution is 2.21. The van der Waals surface area contributed by atoms with E-state index in [0.29, 0.717) is 5.15 Å². The summed E-state index contributed by atoms with van der Waals surface area (Å²) in [7, 11) is 1.84. The molecule has 0 amide bonds. The molecule has 0 aromatic carbocycles. The summed E-state index contributed by atoms with van der Waals surface area (Å²) in [6.07, 6.45) is 0. The first-order chi connectivity index (χ1) is 8.97. The zero-order chi connectivity index (χ0) is 14.0. The average molecular weight is 287 g/mol. The molecule has 1 saturated heterocycles. The van der Waals surface area contributed by atoms with Gasteiger partial charge in [-0.05, 0) is 6.92 Å². The lowest BCUT2D eigenvalue weighted by molar-refractivity contribution is -0.138. The molecule has 1 aromatic heterocycles. The molecular formula is C12H19ClN4O2. The van der Waals surface area contributed by atoms with Gasteiger partial charge in [0.15, 0.2) is 0 Å². The second kappa shape index (κ2) is 5.90. The summed E-state index contributed by atoms with van der Waals surface area (Å²) in [6.45, 7) is 6.14. The first-order valence-electron chi connectivity index (χ1n) is 6.32. The van der Waals surface area contributed by atoms with Crippen molar-refractivity contribution >= 4 is 17.6 Å². The fraction of sp³-hybridized carbons (Fsp3) is 0.667. The molecule has 1 N–H and O–H groups in total. The standard InChI is InChI=1S/C12H19ClN4O2/c1-9-10(12(13)15(2)14-9)7-16-3-5-17(6-4-16)8-11(18)19/h3-8H2,1-2H3,(H,18,19). The van der Waals surface area contributed by atoms with Crippen LogP contribution < -0.4 is 0 Å². The van der Waals surface area contributed by atoms with Crippen molar-refractivity contribution in [3.8, 4) is 0 Å². The lowest BCUT2D eigenvalue weighted by atomic mass is 10.2. The quantitative estimate of drug-likeness (QED) is 0.877. The van der Waals surface area contributed by atoms with Gasteiger partial charge in [-0.3, -0.25) is 19.3 Å². The Morgan fingerprint density at radius 1 is 1.32 bits per heavy atom. The minimum absolute atomic E-state index is 0.126. The van der Waals surface area contributed by atoms with Gasteiger partial charge in [-0.2, -0.15) is 5.10 Å². The third kappa shape index (κ3) is 3.46. The number of piperazine rings is 1. The maximum Gasteiger partial charge on any atom is 0.317 e. The van der Waals surface area contributed by atoms with Crippen molar-refractivity contribution in [1.29, 1.82) is 0 Å². The Kier molecular flexibility index (Phi) is 4.44. The molecule has 2 rings (SSSR count). The van der Waals surface area contributed by atoms with E-state index in [0.717, 1.165) is 44.0 Å². The Balaban J connectivity index is 1.90. The molecular weight excluding hydrogens is 268 g/mol. The van der Waals surface area contributed by atoms with Crippen molar-refractivity contribution in [3.63, 3.8) is 0 Å². The van der Waals surface area contributed by atoms with E-state index in [-0.39, 0.29) is 6.54 Å².